The van der Waals surface area contributed by atoms with Crippen LogP contribution in [0.15, 0.2) is 59.2 Å². The summed E-state index contributed by atoms with van der Waals surface area (Å²) in [6.45, 7) is 3.19. The number of nitrogens with zero attached hydrogens (tertiary/aromatic N) is 1. The molecule has 2 aromatic carbocycles. The summed E-state index contributed by atoms with van der Waals surface area (Å²) >= 11 is 6.20. The molecule has 0 saturated carbocycles. The highest BCUT2D eigenvalue weighted by atomic mass is 35.5. The van der Waals surface area contributed by atoms with Gasteiger partial charge in [-0.15, -0.1) is 0 Å². The van der Waals surface area contributed by atoms with E-state index >= 15 is 0 Å². The van der Waals surface area contributed by atoms with Gasteiger partial charge in [-0.2, -0.15) is 5.26 Å². The SMILES string of the molecule is CCOC(=O)C1=C(C)OC(N)=C(C#N)C1c1cc(Cl)ccc1OCc1ccc(F)c(F)c1. The first-order valence-corrected chi connectivity index (χ1v) is 9.96. The molecule has 1 aliphatic rings. The van der Waals surface area contributed by atoms with Gasteiger partial charge in [0.1, 0.15) is 29.8 Å². The maximum Gasteiger partial charge on any atom is 0.338 e. The van der Waals surface area contributed by atoms with Gasteiger partial charge in [-0.05, 0) is 49.7 Å². The lowest BCUT2D eigenvalue weighted by Crippen LogP contribution is -2.26. The fourth-order valence-corrected chi connectivity index (χ4v) is 3.51. The van der Waals surface area contributed by atoms with Gasteiger partial charge < -0.3 is 19.9 Å². The Morgan fingerprint density at radius 3 is 2.66 bits per heavy atom. The molecule has 3 rings (SSSR count). The van der Waals surface area contributed by atoms with Gasteiger partial charge in [-0.1, -0.05) is 17.7 Å². The minimum Gasteiger partial charge on any atom is -0.489 e. The molecule has 0 bridgehead atoms. The predicted octanol–water partition coefficient (Wildman–Crippen LogP) is 4.84. The Morgan fingerprint density at radius 2 is 2.00 bits per heavy atom. The van der Waals surface area contributed by atoms with E-state index in [0.717, 1.165) is 12.1 Å². The van der Waals surface area contributed by atoms with Crippen LogP contribution in [-0.2, 0) is 20.9 Å². The maximum atomic E-state index is 13.5. The molecule has 0 aromatic heterocycles. The minimum atomic E-state index is -1.00. The maximum absolute atomic E-state index is 13.5. The topological polar surface area (TPSA) is 94.6 Å². The summed E-state index contributed by atoms with van der Waals surface area (Å²) in [7, 11) is 0. The molecule has 0 amide bonds. The van der Waals surface area contributed by atoms with E-state index < -0.39 is 23.5 Å². The number of hydrogen-bond donors (Lipinski definition) is 1. The fraction of sp³-hybridized carbons (Fsp3) is 0.217. The van der Waals surface area contributed by atoms with Crippen LogP contribution >= 0.6 is 11.6 Å². The van der Waals surface area contributed by atoms with E-state index in [2.05, 4.69) is 0 Å². The highest BCUT2D eigenvalue weighted by Gasteiger charge is 2.38. The third kappa shape index (κ3) is 4.68. The lowest BCUT2D eigenvalue weighted by Gasteiger charge is -2.28. The molecule has 1 atom stereocenters. The number of nitriles is 1. The Labute approximate surface area is 188 Å². The van der Waals surface area contributed by atoms with Gasteiger partial charge in [0, 0.05) is 10.6 Å². The van der Waals surface area contributed by atoms with Gasteiger partial charge in [0.05, 0.1) is 18.1 Å². The Morgan fingerprint density at radius 1 is 1.25 bits per heavy atom. The van der Waals surface area contributed by atoms with E-state index in [4.69, 9.17) is 31.5 Å². The van der Waals surface area contributed by atoms with Gasteiger partial charge in [-0.3, -0.25) is 0 Å². The average molecular weight is 461 g/mol. The zero-order valence-electron chi connectivity index (χ0n) is 17.2. The number of benzene rings is 2. The van der Waals surface area contributed by atoms with Crippen molar-refractivity contribution in [3.05, 3.63) is 87.0 Å². The first-order valence-electron chi connectivity index (χ1n) is 9.58. The molecule has 0 radical (unpaired) electrons. The van der Waals surface area contributed by atoms with Crippen LogP contribution in [-0.4, -0.2) is 12.6 Å². The molecule has 0 spiro atoms. The number of rotatable bonds is 6. The summed E-state index contributed by atoms with van der Waals surface area (Å²) in [4.78, 5) is 12.7. The first kappa shape index (κ1) is 23.1. The molecule has 166 valence electrons. The second-order valence-electron chi connectivity index (χ2n) is 6.83. The molecule has 2 aromatic rings. The van der Waals surface area contributed by atoms with Crippen LogP contribution in [0, 0.1) is 23.0 Å². The molecule has 9 heteroatoms. The number of ether oxygens (including phenoxy) is 3. The lowest BCUT2D eigenvalue weighted by atomic mass is 9.82. The van der Waals surface area contributed by atoms with Gasteiger partial charge in [0.2, 0.25) is 5.88 Å². The van der Waals surface area contributed by atoms with E-state index in [9.17, 15) is 18.8 Å². The van der Waals surface area contributed by atoms with E-state index in [1.54, 1.807) is 19.1 Å². The van der Waals surface area contributed by atoms with E-state index in [1.807, 2.05) is 6.07 Å². The van der Waals surface area contributed by atoms with Gasteiger partial charge in [0.25, 0.3) is 0 Å². The van der Waals surface area contributed by atoms with Crippen molar-refractivity contribution in [1.82, 2.24) is 0 Å². The number of allylic oxidation sites excluding steroid dienone is 2. The molecular formula is C23H19ClF2N2O4. The van der Waals surface area contributed by atoms with Crippen molar-refractivity contribution in [3.63, 3.8) is 0 Å². The Kier molecular flexibility index (Phi) is 7.01. The molecule has 1 aliphatic heterocycles. The zero-order valence-corrected chi connectivity index (χ0v) is 18.0. The van der Waals surface area contributed by atoms with Crippen molar-refractivity contribution in [2.45, 2.75) is 26.4 Å². The number of hydrogen-bond acceptors (Lipinski definition) is 6. The summed E-state index contributed by atoms with van der Waals surface area (Å²) < 4.78 is 43.2. The van der Waals surface area contributed by atoms with Crippen LogP contribution in [0.2, 0.25) is 5.02 Å². The third-order valence-corrected chi connectivity index (χ3v) is 5.00. The average Bonchev–Trinajstić information content (AvgIpc) is 2.74. The molecule has 1 unspecified atom stereocenters. The molecule has 0 fully saturated rings. The molecule has 0 saturated heterocycles. The molecular weight excluding hydrogens is 442 g/mol. The summed E-state index contributed by atoms with van der Waals surface area (Å²) in [6.07, 6.45) is 0. The van der Waals surface area contributed by atoms with Crippen molar-refractivity contribution in [2.75, 3.05) is 6.61 Å². The van der Waals surface area contributed by atoms with Crippen LogP contribution in [0.3, 0.4) is 0 Å². The molecule has 32 heavy (non-hydrogen) atoms. The number of halogens is 3. The van der Waals surface area contributed by atoms with E-state index in [-0.39, 0.29) is 41.8 Å². The normalized spacial score (nSPS) is 15.8. The van der Waals surface area contributed by atoms with E-state index in [1.165, 1.54) is 19.1 Å². The second kappa shape index (κ2) is 9.71. The Hall–Kier alpha value is -3.57. The second-order valence-corrected chi connectivity index (χ2v) is 7.27. The largest absolute Gasteiger partial charge is 0.489 e. The highest BCUT2D eigenvalue weighted by molar-refractivity contribution is 6.30. The summed E-state index contributed by atoms with van der Waals surface area (Å²) in [5.74, 6) is -3.33. The van der Waals surface area contributed by atoms with Crippen molar-refractivity contribution in [1.29, 1.82) is 5.26 Å². The van der Waals surface area contributed by atoms with Crippen molar-refractivity contribution in [3.8, 4) is 11.8 Å². The Bertz CT molecular complexity index is 1170. The number of esters is 1. The number of carbonyl (C=O) groups excluding carboxylic acids is 1. The molecule has 6 nitrogen and oxygen atoms in total. The molecule has 1 heterocycles. The van der Waals surface area contributed by atoms with Crippen LogP contribution in [0.1, 0.15) is 30.9 Å². The third-order valence-electron chi connectivity index (χ3n) is 4.76. The van der Waals surface area contributed by atoms with Crippen LogP contribution in [0.4, 0.5) is 8.78 Å². The minimum absolute atomic E-state index is 0.0152. The van der Waals surface area contributed by atoms with Gasteiger partial charge >= 0.3 is 5.97 Å². The van der Waals surface area contributed by atoms with Crippen LogP contribution < -0.4 is 10.5 Å². The predicted molar refractivity (Wildman–Crippen MR) is 112 cm³/mol. The molecule has 0 aliphatic carbocycles. The van der Waals surface area contributed by atoms with Gasteiger partial charge in [0.15, 0.2) is 11.6 Å². The zero-order chi connectivity index (χ0) is 23.4. The van der Waals surface area contributed by atoms with Crippen LogP contribution in [0.5, 0.6) is 5.75 Å². The van der Waals surface area contributed by atoms with Crippen LogP contribution in [0.25, 0.3) is 0 Å². The van der Waals surface area contributed by atoms with Gasteiger partial charge in [-0.25, -0.2) is 13.6 Å². The Balaban J connectivity index is 2.07. The summed E-state index contributed by atoms with van der Waals surface area (Å²) in [5, 5.41) is 10.1. The van der Waals surface area contributed by atoms with Crippen molar-refractivity contribution < 1.29 is 27.8 Å². The van der Waals surface area contributed by atoms with Crippen molar-refractivity contribution >= 4 is 17.6 Å². The first-order chi connectivity index (χ1) is 15.3. The lowest BCUT2D eigenvalue weighted by molar-refractivity contribution is -0.139. The number of carbonyl (C=O) groups is 1. The smallest absolute Gasteiger partial charge is 0.338 e. The highest BCUT2D eigenvalue weighted by Crippen LogP contribution is 2.44. The summed E-state index contributed by atoms with van der Waals surface area (Å²) in [5.41, 5.74) is 6.74. The molecule has 2 N–H and O–H groups in total. The fourth-order valence-electron chi connectivity index (χ4n) is 3.33. The quantitative estimate of drug-likeness (QED) is 0.620. The standard InChI is InChI=1S/C23H19ClF2N2O4/c1-3-30-23(29)20-12(2)32-22(28)16(10-27)21(20)15-9-14(24)5-7-19(15)31-11-13-4-6-17(25)18(26)8-13/h4-9,21H,3,11,28H2,1-2H3. The number of nitrogens with two attached hydrogens (primary N) is 1. The van der Waals surface area contributed by atoms with Crippen molar-refractivity contribution in [2.24, 2.45) is 5.73 Å². The summed E-state index contributed by atoms with van der Waals surface area (Å²) in [6, 6.07) is 10.0. The van der Waals surface area contributed by atoms with E-state index in [0.29, 0.717) is 16.1 Å². The monoisotopic (exact) mass is 460 g/mol.